The van der Waals surface area contributed by atoms with Crippen molar-refractivity contribution in [2.75, 3.05) is 6.67 Å². The van der Waals surface area contributed by atoms with E-state index in [0.29, 0.717) is 0 Å². The first kappa shape index (κ1) is 10.2. The molecule has 1 N–H and O–H groups in total. The lowest BCUT2D eigenvalue weighted by Crippen LogP contribution is -2.44. The van der Waals surface area contributed by atoms with Gasteiger partial charge in [-0.25, -0.2) is 4.39 Å². The number of hydrogen-bond acceptors (Lipinski definition) is 1. The van der Waals surface area contributed by atoms with Gasteiger partial charge in [0.15, 0.2) is 0 Å². The molecule has 3 heteroatoms. The van der Waals surface area contributed by atoms with Gasteiger partial charge in [0.25, 0.3) is 0 Å². The van der Waals surface area contributed by atoms with E-state index in [1.54, 1.807) is 19.9 Å². The maximum Gasteiger partial charge on any atom is 0.244 e. The van der Waals surface area contributed by atoms with E-state index in [1.807, 2.05) is 0 Å². The van der Waals surface area contributed by atoms with E-state index in [0.717, 1.165) is 12.8 Å². The van der Waals surface area contributed by atoms with Gasteiger partial charge in [-0.3, -0.25) is 4.79 Å². The SMILES string of the molecule is CC(C)(CF)NC(=O)C=C1CCC1. The van der Waals surface area contributed by atoms with Gasteiger partial charge in [0.2, 0.25) is 5.91 Å². The monoisotopic (exact) mass is 185 g/mol. The molecular weight excluding hydrogens is 169 g/mol. The molecule has 0 aliphatic heterocycles. The van der Waals surface area contributed by atoms with Crippen LogP contribution in [0.5, 0.6) is 0 Å². The number of carbonyl (C=O) groups excluding carboxylic acids is 1. The fraction of sp³-hybridized carbons (Fsp3) is 0.700. The van der Waals surface area contributed by atoms with Crippen LogP contribution in [0.2, 0.25) is 0 Å². The number of rotatable bonds is 3. The van der Waals surface area contributed by atoms with Crippen molar-refractivity contribution in [1.82, 2.24) is 5.32 Å². The Balaban J connectivity index is 2.40. The number of alkyl halides is 1. The molecule has 1 amide bonds. The Hall–Kier alpha value is -0.860. The number of halogens is 1. The molecule has 1 aliphatic rings. The number of allylic oxidation sites excluding steroid dienone is 1. The first-order valence-electron chi connectivity index (χ1n) is 4.61. The van der Waals surface area contributed by atoms with Crippen LogP contribution in [0, 0.1) is 0 Å². The van der Waals surface area contributed by atoms with Crippen molar-refractivity contribution in [1.29, 1.82) is 0 Å². The van der Waals surface area contributed by atoms with Crippen molar-refractivity contribution in [2.45, 2.75) is 38.6 Å². The summed E-state index contributed by atoms with van der Waals surface area (Å²) in [6.45, 7) is 2.80. The van der Waals surface area contributed by atoms with Crippen LogP contribution in [-0.2, 0) is 4.79 Å². The van der Waals surface area contributed by atoms with Gasteiger partial charge in [0.1, 0.15) is 6.67 Å². The molecule has 0 atom stereocenters. The summed E-state index contributed by atoms with van der Waals surface area (Å²) in [6.07, 6.45) is 4.81. The van der Waals surface area contributed by atoms with Crippen molar-refractivity contribution in [3.8, 4) is 0 Å². The van der Waals surface area contributed by atoms with Crippen molar-refractivity contribution >= 4 is 5.91 Å². The summed E-state index contributed by atoms with van der Waals surface area (Å²) in [5.74, 6) is -0.169. The molecule has 2 nitrogen and oxygen atoms in total. The summed E-state index contributed by atoms with van der Waals surface area (Å²) >= 11 is 0. The quantitative estimate of drug-likeness (QED) is 0.669. The van der Waals surface area contributed by atoms with E-state index >= 15 is 0 Å². The minimum atomic E-state index is -0.738. The molecular formula is C10H16FNO. The third kappa shape index (κ3) is 3.17. The van der Waals surface area contributed by atoms with Gasteiger partial charge >= 0.3 is 0 Å². The van der Waals surface area contributed by atoms with Gasteiger partial charge in [0, 0.05) is 6.08 Å². The van der Waals surface area contributed by atoms with E-state index in [2.05, 4.69) is 5.32 Å². The molecule has 0 unspecified atom stereocenters. The molecule has 13 heavy (non-hydrogen) atoms. The van der Waals surface area contributed by atoms with Gasteiger partial charge in [0.05, 0.1) is 5.54 Å². The number of hydrogen-bond donors (Lipinski definition) is 1. The maximum absolute atomic E-state index is 12.3. The van der Waals surface area contributed by atoms with Gasteiger partial charge in [-0.1, -0.05) is 5.57 Å². The van der Waals surface area contributed by atoms with Crippen LogP contribution in [0.4, 0.5) is 4.39 Å². The third-order valence-electron chi connectivity index (χ3n) is 2.13. The lowest BCUT2D eigenvalue weighted by molar-refractivity contribution is -0.118. The van der Waals surface area contributed by atoms with Crippen LogP contribution >= 0.6 is 0 Å². The maximum atomic E-state index is 12.3. The predicted octanol–water partition coefficient (Wildman–Crippen LogP) is 1.96. The Kier molecular flexibility index (Phi) is 3.07. The zero-order valence-corrected chi connectivity index (χ0v) is 8.19. The lowest BCUT2D eigenvalue weighted by atomic mass is 9.92. The Morgan fingerprint density at radius 2 is 2.23 bits per heavy atom. The summed E-state index contributed by atoms with van der Waals surface area (Å²) in [6, 6.07) is 0. The zero-order chi connectivity index (χ0) is 9.90. The van der Waals surface area contributed by atoms with Crippen LogP contribution in [-0.4, -0.2) is 18.1 Å². The standard InChI is InChI=1S/C10H16FNO/c1-10(2,7-11)12-9(13)6-8-4-3-5-8/h6H,3-5,7H2,1-2H3,(H,12,13). The fourth-order valence-corrected chi connectivity index (χ4v) is 1.11. The van der Waals surface area contributed by atoms with Gasteiger partial charge in [-0.15, -0.1) is 0 Å². The summed E-state index contributed by atoms with van der Waals surface area (Å²) in [4.78, 5) is 11.3. The molecule has 0 bridgehead atoms. The summed E-state index contributed by atoms with van der Waals surface area (Å²) < 4.78 is 12.3. The molecule has 0 spiro atoms. The Bertz CT molecular complexity index is 227. The number of amides is 1. The largest absolute Gasteiger partial charge is 0.345 e. The van der Waals surface area contributed by atoms with Crippen LogP contribution in [0.3, 0.4) is 0 Å². The Morgan fingerprint density at radius 1 is 1.62 bits per heavy atom. The van der Waals surface area contributed by atoms with E-state index < -0.39 is 12.2 Å². The number of carbonyl (C=O) groups is 1. The average molecular weight is 185 g/mol. The second-order valence-electron chi connectivity index (χ2n) is 4.16. The van der Waals surface area contributed by atoms with Crippen LogP contribution in [0.25, 0.3) is 0 Å². The molecule has 0 aromatic carbocycles. The molecule has 0 radical (unpaired) electrons. The van der Waals surface area contributed by atoms with Gasteiger partial charge in [-0.2, -0.15) is 0 Å². The van der Waals surface area contributed by atoms with Crippen molar-refractivity contribution in [3.63, 3.8) is 0 Å². The average Bonchev–Trinajstić information content (AvgIpc) is 1.96. The molecule has 0 heterocycles. The summed E-state index contributed by atoms with van der Waals surface area (Å²) in [7, 11) is 0. The highest BCUT2D eigenvalue weighted by Gasteiger charge is 2.19. The summed E-state index contributed by atoms with van der Waals surface area (Å²) in [5, 5.41) is 2.61. The fourth-order valence-electron chi connectivity index (χ4n) is 1.11. The topological polar surface area (TPSA) is 29.1 Å². The van der Waals surface area contributed by atoms with Crippen LogP contribution < -0.4 is 5.32 Å². The highest BCUT2D eigenvalue weighted by atomic mass is 19.1. The van der Waals surface area contributed by atoms with Crippen LogP contribution in [0.15, 0.2) is 11.6 Å². The van der Waals surface area contributed by atoms with Gasteiger partial charge in [-0.05, 0) is 33.1 Å². The van der Waals surface area contributed by atoms with E-state index in [-0.39, 0.29) is 5.91 Å². The highest BCUT2D eigenvalue weighted by molar-refractivity contribution is 5.88. The second kappa shape index (κ2) is 3.90. The first-order chi connectivity index (χ1) is 6.03. The molecule has 1 fully saturated rings. The van der Waals surface area contributed by atoms with E-state index in [4.69, 9.17) is 0 Å². The molecule has 0 saturated heterocycles. The third-order valence-corrected chi connectivity index (χ3v) is 2.13. The molecule has 1 saturated carbocycles. The van der Waals surface area contributed by atoms with Crippen molar-refractivity contribution < 1.29 is 9.18 Å². The minimum absolute atomic E-state index is 0.169. The zero-order valence-electron chi connectivity index (χ0n) is 8.19. The van der Waals surface area contributed by atoms with Crippen LogP contribution in [0.1, 0.15) is 33.1 Å². The second-order valence-corrected chi connectivity index (χ2v) is 4.16. The highest BCUT2D eigenvalue weighted by Crippen LogP contribution is 2.24. The lowest BCUT2D eigenvalue weighted by Gasteiger charge is -2.22. The Morgan fingerprint density at radius 3 is 2.62 bits per heavy atom. The van der Waals surface area contributed by atoms with E-state index in [1.165, 1.54) is 12.0 Å². The molecule has 0 aromatic rings. The minimum Gasteiger partial charge on any atom is -0.345 e. The predicted molar refractivity (Wildman–Crippen MR) is 50.1 cm³/mol. The molecule has 1 rings (SSSR count). The normalized spacial score (nSPS) is 16.4. The molecule has 1 aliphatic carbocycles. The molecule has 0 aromatic heterocycles. The smallest absolute Gasteiger partial charge is 0.244 e. The van der Waals surface area contributed by atoms with Gasteiger partial charge < -0.3 is 5.32 Å². The summed E-state index contributed by atoms with van der Waals surface area (Å²) in [5.41, 5.74) is 0.435. The molecule has 74 valence electrons. The first-order valence-corrected chi connectivity index (χ1v) is 4.61. The number of nitrogens with one attached hydrogen (secondary N) is 1. The van der Waals surface area contributed by atoms with E-state index in [9.17, 15) is 9.18 Å². The Labute approximate surface area is 78.2 Å². The van der Waals surface area contributed by atoms with Crippen molar-refractivity contribution in [3.05, 3.63) is 11.6 Å². The van der Waals surface area contributed by atoms with Crippen molar-refractivity contribution in [2.24, 2.45) is 0 Å².